The van der Waals surface area contributed by atoms with Crippen LogP contribution < -0.4 is 5.56 Å². The van der Waals surface area contributed by atoms with Crippen LogP contribution >= 0.6 is 11.6 Å². The third-order valence-corrected chi connectivity index (χ3v) is 7.55. The molecule has 3 aromatic rings. The van der Waals surface area contributed by atoms with Crippen LogP contribution in [0.25, 0.3) is 5.69 Å². The lowest BCUT2D eigenvalue weighted by molar-refractivity contribution is -0.401. The van der Waals surface area contributed by atoms with E-state index in [0.29, 0.717) is 34.0 Å². The number of benzene rings is 2. The van der Waals surface area contributed by atoms with Gasteiger partial charge in [-0.2, -0.15) is 4.58 Å². The van der Waals surface area contributed by atoms with Crippen LogP contribution in [-0.4, -0.2) is 44.1 Å². The number of para-hydroxylation sites is 1. The molecule has 1 aromatic heterocycles. The Labute approximate surface area is 209 Å². The van der Waals surface area contributed by atoms with Gasteiger partial charge in [0.05, 0.1) is 28.7 Å². The van der Waals surface area contributed by atoms with E-state index < -0.39 is 17.4 Å². The number of fused-ring (bicyclic) bond motifs is 1. The lowest BCUT2D eigenvalue weighted by atomic mass is 9.69. The minimum Gasteiger partial charge on any atom is -0.387 e. The average Bonchev–Trinajstić information content (AvgIpc) is 3.24. The van der Waals surface area contributed by atoms with Crippen molar-refractivity contribution >= 4 is 28.8 Å². The van der Waals surface area contributed by atoms with E-state index in [1.54, 1.807) is 6.08 Å². The van der Waals surface area contributed by atoms with Crippen LogP contribution in [0.3, 0.4) is 0 Å². The number of allylic oxidation sites excluding steroid dienone is 1. The summed E-state index contributed by atoms with van der Waals surface area (Å²) in [5.41, 5.74) is 4.40. The summed E-state index contributed by atoms with van der Waals surface area (Å²) in [5.74, 6) is -1.08. The molecule has 180 valence electrons. The number of carbonyl (C=O) groups is 1. The normalized spacial score (nSPS) is 22.0. The number of ketones is 1. The molecule has 1 fully saturated rings. The number of carbonyl (C=O) groups excluding carboxylic acids is 1. The van der Waals surface area contributed by atoms with Crippen molar-refractivity contribution in [2.75, 3.05) is 7.05 Å². The Morgan fingerprint density at radius 1 is 1.17 bits per heavy atom. The van der Waals surface area contributed by atoms with Crippen molar-refractivity contribution in [2.45, 2.75) is 51.0 Å². The molecule has 5 rings (SSSR count). The lowest BCUT2D eigenvalue weighted by Crippen LogP contribution is -2.46. The molecule has 1 saturated carbocycles. The molecule has 2 atom stereocenters. The molecule has 0 amide bonds. The second-order valence-corrected chi connectivity index (χ2v) is 10.3. The Bertz CT molecular complexity index is 1460. The van der Waals surface area contributed by atoms with Gasteiger partial charge in [-0.3, -0.25) is 14.7 Å². The van der Waals surface area contributed by atoms with Crippen LogP contribution in [0.5, 0.6) is 0 Å². The van der Waals surface area contributed by atoms with E-state index in [-0.39, 0.29) is 11.3 Å². The van der Waals surface area contributed by atoms with Crippen molar-refractivity contribution in [1.29, 1.82) is 0 Å². The zero-order valence-corrected chi connectivity index (χ0v) is 21.1. The predicted octanol–water partition coefficient (Wildman–Crippen LogP) is 4.43. The lowest BCUT2D eigenvalue weighted by Gasteiger charge is -2.33. The van der Waals surface area contributed by atoms with Gasteiger partial charge in [0.25, 0.3) is 5.56 Å². The molecular weight excluding hydrogens is 462 g/mol. The SMILES string of the molecule is CCCc1[nH]n(-c2ccccc2)c(=O)c1C1C(=O)C(=CC2=[N+](C)c3ccc(Cl)cc3C2(C)C)C1O. The van der Waals surface area contributed by atoms with E-state index in [1.807, 2.05) is 67.1 Å². The fourth-order valence-corrected chi connectivity index (χ4v) is 5.60. The van der Waals surface area contributed by atoms with Crippen LogP contribution in [0, 0.1) is 0 Å². The van der Waals surface area contributed by atoms with Gasteiger partial charge in [-0.15, -0.1) is 0 Å². The summed E-state index contributed by atoms with van der Waals surface area (Å²) in [6.45, 7) is 6.18. The number of halogens is 1. The molecule has 6 nitrogen and oxygen atoms in total. The number of nitrogens with zero attached hydrogens (tertiary/aromatic N) is 2. The Morgan fingerprint density at radius 3 is 2.54 bits per heavy atom. The zero-order valence-electron chi connectivity index (χ0n) is 20.3. The van der Waals surface area contributed by atoms with E-state index in [4.69, 9.17) is 11.6 Å². The van der Waals surface area contributed by atoms with Gasteiger partial charge in [0, 0.05) is 34.0 Å². The maximum atomic E-state index is 13.4. The van der Waals surface area contributed by atoms with Gasteiger partial charge in [0.1, 0.15) is 7.05 Å². The van der Waals surface area contributed by atoms with Gasteiger partial charge in [-0.1, -0.05) is 43.1 Å². The highest BCUT2D eigenvalue weighted by atomic mass is 35.5. The van der Waals surface area contributed by atoms with E-state index in [9.17, 15) is 14.7 Å². The Balaban J connectivity index is 1.54. The number of nitrogens with one attached hydrogen (secondary N) is 1. The number of aliphatic hydroxyl groups is 1. The van der Waals surface area contributed by atoms with Gasteiger partial charge < -0.3 is 5.11 Å². The van der Waals surface area contributed by atoms with Crippen molar-refractivity contribution in [3.63, 3.8) is 0 Å². The molecule has 0 spiro atoms. The fraction of sp³-hybridized carbons (Fsp3) is 0.321. The molecule has 2 aliphatic rings. The standard InChI is InChI=1S/C28H28ClN3O3/c1-5-9-20-23(27(35)32(30-20)17-10-7-6-8-11-17)24-25(33)18(26(24)34)15-22-28(2,3)19-14-16(29)12-13-21(19)31(22)4/h6-8,10-15,24-25,33H,5,9H2,1-4H3/p+1. The number of aromatic amines is 1. The molecule has 1 aliphatic carbocycles. The number of Topliss-reactive ketones (excluding diaryl/α,β-unsaturated/α-hetero) is 1. The predicted molar refractivity (Wildman–Crippen MR) is 138 cm³/mol. The first-order valence-electron chi connectivity index (χ1n) is 11.9. The van der Waals surface area contributed by atoms with Crippen LogP contribution in [0.4, 0.5) is 5.69 Å². The van der Waals surface area contributed by atoms with Crippen LogP contribution in [-0.2, 0) is 16.6 Å². The number of aryl methyl sites for hydroxylation is 1. The molecule has 2 heterocycles. The minimum absolute atomic E-state index is 0.211. The summed E-state index contributed by atoms with van der Waals surface area (Å²) in [6, 6.07) is 15.0. The van der Waals surface area contributed by atoms with Gasteiger partial charge in [-0.25, -0.2) is 4.68 Å². The van der Waals surface area contributed by atoms with Crippen LogP contribution in [0.15, 0.2) is 65.0 Å². The van der Waals surface area contributed by atoms with Gasteiger partial charge >= 0.3 is 0 Å². The van der Waals surface area contributed by atoms with Gasteiger partial charge in [0.2, 0.25) is 5.69 Å². The third kappa shape index (κ3) is 3.55. The maximum Gasteiger partial charge on any atom is 0.275 e. The largest absolute Gasteiger partial charge is 0.387 e. The highest BCUT2D eigenvalue weighted by Gasteiger charge is 2.51. The number of aromatic nitrogens is 2. The van der Waals surface area contributed by atoms with Crippen molar-refractivity contribution in [3.8, 4) is 5.69 Å². The minimum atomic E-state index is -1.05. The van der Waals surface area contributed by atoms with E-state index in [1.165, 1.54) is 4.68 Å². The first kappa shape index (κ1) is 23.5. The number of hydrogen-bond donors (Lipinski definition) is 2. The zero-order chi connectivity index (χ0) is 25.1. The fourth-order valence-electron chi connectivity index (χ4n) is 5.43. The van der Waals surface area contributed by atoms with Crippen molar-refractivity contribution in [3.05, 3.63) is 92.4 Å². The van der Waals surface area contributed by atoms with Crippen molar-refractivity contribution < 1.29 is 14.5 Å². The first-order chi connectivity index (χ1) is 16.7. The number of rotatable bonds is 5. The van der Waals surface area contributed by atoms with Gasteiger partial charge in [-0.05, 0) is 44.5 Å². The summed E-state index contributed by atoms with van der Waals surface area (Å²) in [7, 11) is 1.95. The molecule has 7 heteroatoms. The Hall–Kier alpha value is -3.22. The topological polar surface area (TPSA) is 78.1 Å². The highest BCUT2D eigenvalue weighted by molar-refractivity contribution is 6.30. The molecule has 0 saturated heterocycles. The summed E-state index contributed by atoms with van der Waals surface area (Å²) in [5, 5.41) is 15.0. The summed E-state index contributed by atoms with van der Waals surface area (Å²) >= 11 is 6.25. The average molecular weight is 491 g/mol. The van der Waals surface area contributed by atoms with Crippen molar-refractivity contribution in [1.82, 2.24) is 9.78 Å². The Morgan fingerprint density at radius 2 is 1.89 bits per heavy atom. The quantitative estimate of drug-likeness (QED) is 0.410. The van der Waals surface area contributed by atoms with Crippen molar-refractivity contribution in [2.24, 2.45) is 0 Å². The molecular formula is C28H29ClN3O3+. The van der Waals surface area contributed by atoms with Crippen LogP contribution in [0.2, 0.25) is 5.02 Å². The molecule has 2 aromatic carbocycles. The van der Waals surface area contributed by atoms with Gasteiger partial charge in [0.15, 0.2) is 11.5 Å². The summed E-state index contributed by atoms with van der Waals surface area (Å²) in [4.78, 5) is 26.8. The highest BCUT2D eigenvalue weighted by Crippen LogP contribution is 2.43. The molecule has 0 radical (unpaired) electrons. The molecule has 35 heavy (non-hydrogen) atoms. The summed E-state index contributed by atoms with van der Waals surface area (Å²) in [6.07, 6.45) is 2.16. The Kier molecular flexibility index (Phi) is 5.69. The molecule has 2 N–H and O–H groups in total. The first-order valence-corrected chi connectivity index (χ1v) is 12.3. The number of aliphatic hydroxyl groups excluding tert-OH is 1. The monoisotopic (exact) mass is 490 g/mol. The number of H-pyrrole nitrogens is 1. The van der Waals surface area contributed by atoms with Crippen LogP contribution in [0.1, 0.15) is 49.9 Å². The number of hydrogen-bond acceptors (Lipinski definition) is 3. The van der Waals surface area contributed by atoms with E-state index in [0.717, 1.165) is 23.4 Å². The molecule has 1 aliphatic heterocycles. The maximum absolute atomic E-state index is 13.4. The molecule has 2 unspecified atom stereocenters. The second kappa shape index (κ2) is 8.47. The third-order valence-electron chi connectivity index (χ3n) is 7.32. The second-order valence-electron chi connectivity index (χ2n) is 9.85. The molecule has 0 bridgehead atoms. The van der Waals surface area contributed by atoms with E-state index >= 15 is 0 Å². The smallest absolute Gasteiger partial charge is 0.275 e. The summed E-state index contributed by atoms with van der Waals surface area (Å²) < 4.78 is 3.50. The van der Waals surface area contributed by atoms with E-state index in [2.05, 4.69) is 18.9 Å².